The van der Waals surface area contributed by atoms with Crippen molar-refractivity contribution in [3.05, 3.63) is 0 Å². The van der Waals surface area contributed by atoms with Crippen molar-refractivity contribution in [1.29, 1.82) is 0 Å². The second-order valence-corrected chi connectivity index (χ2v) is 4.98. The number of amides is 1. The second-order valence-electron chi connectivity index (χ2n) is 4.98. The molecule has 3 rings (SSSR count). The van der Waals surface area contributed by atoms with E-state index in [9.17, 15) is 4.79 Å². The zero-order valence-electron chi connectivity index (χ0n) is 9.11. The molecule has 4 nitrogen and oxygen atoms in total. The standard InChI is InChI=1S/C11H18N2O2/c1-13(7-5-12-6-7)11(14)9-4-8-2-3-10(9)15-8/h7-10,12H,2-6H2,1H3. The fourth-order valence-electron chi connectivity index (χ4n) is 2.89. The van der Waals surface area contributed by atoms with Gasteiger partial charge in [-0.2, -0.15) is 0 Å². The zero-order chi connectivity index (χ0) is 10.4. The third-order valence-electron chi connectivity index (χ3n) is 4.08. The van der Waals surface area contributed by atoms with Crippen molar-refractivity contribution in [2.75, 3.05) is 20.1 Å². The number of carbonyl (C=O) groups excluding carboxylic acids is 1. The van der Waals surface area contributed by atoms with E-state index in [1.54, 1.807) is 0 Å². The van der Waals surface area contributed by atoms with E-state index in [0.29, 0.717) is 18.1 Å². The molecule has 2 bridgehead atoms. The minimum absolute atomic E-state index is 0.148. The van der Waals surface area contributed by atoms with E-state index in [1.807, 2.05) is 11.9 Å². The van der Waals surface area contributed by atoms with Gasteiger partial charge >= 0.3 is 0 Å². The zero-order valence-corrected chi connectivity index (χ0v) is 9.11. The molecule has 3 heterocycles. The first-order chi connectivity index (χ1) is 7.25. The van der Waals surface area contributed by atoms with Crippen molar-refractivity contribution in [3.63, 3.8) is 0 Å². The molecular weight excluding hydrogens is 192 g/mol. The van der Waals surface area contributed by atoms with Crippen LogP contribution in [-0.4, -0.2) is 49.2 Å². The SMILES string of the molecule is CN(C(=O)C1CC2CCC1O2)C1CNC1. The summed E-state index contributed by atoms with van der Waals surface area (Å²) in [4.78, 5) is 14.1. The van der Waals surface area contributed by atoms with Crippen molar-refractivity contribution in [3.8, 4) is 0 Å². The minimum atomic E-state index is 0.148. The summed E-state index contributed by atoms with van der Waals surface area (Å²) in [5.41, 5.74) is 0. The molecule has 4 heteroatoms. The molecule has 84 valence electrons. The first-order valence-corrected chi connectivity index (χ1v) is 5.88. The molecule has 0 aliphatic carbocycles. The number of hydrogen-bond acceptors (Lipinski definition) is 3. The van der Waals surface area contributed by atoms with E-state index < -0.39 is 0 Å². The van der Waals surface area contributed by atoms with Crippen LogP contribution in [0.15, 0.2) is 0 Å². The van der Waals surface area contributed by atoms with Crippen LogP contribution >= 0.6 is 0 Å². The van der Waals surface area contributed by atoms with Crippen molar-refractivity contribution < 1.29 is 9.53 Å². The highest BCUT2D eigenvalue weighted by Gasteiger charge is 2.46. The molecule has 15 heavy (non-hydrogen) atoms. The molecular formula is C11H18N2O2. The maximum Gasteiger partial charge on any atom is 0.228 e. The molecule has 0 aromatic heterocycles. The van der Waals surface area contributed by atoms with Crippen molar-refractivity contribution in [2.24, 2.45) is 5.92 Å². The van der Waals surface area contributed by atoms with Gasteiger partial charge in [0.25, 0.3) is 0 Å². The summed E-state index contributed by atoms with van der Waals surface area (Å²) < 4.78 is 5.72. The monoisotopic (exact) mass is 210 g/mol. The summed E-state index contributed by atoms with van der Waals surface area (Å²) in [6.45, 7) is 1.90. The summed E-state index contributed by atoms with van der Waals surface area (Å²) in [5, 5.41) is 3.20. The van der Waals surface area contributed by atoms with E-state index in [0.717, 1.165) is 32.4 Å². The first-order valence-electron chi connectivity index (χ1n) is 5.88. The molecule has 0 aromatic carbocycles. The van der Waals surface area contributed by atoms with Crippen molar-refractivity contribution in [1.82, 2.24) is 10.2 Å². The number of nitrogens with zero attached hydrogens (tertiary/aromatic N) is 1. The van der Waals surface area contributed by atoms with E-state index >= 15 is 0 Å². The Hall–Kier alpha value is -0.610. The van der Waals surface area contributed by atoms with Gasteiger partial charge in [-0.1, -0.05) is 0 Å². The minimum Gasteiger partial charge on any atom is -0.374 e. The van der Waals surface area contributed by atoms with Gasteiger partial charge in [-0.15, -0.1) is 0 Å². The lowest BCUT2D eigenvalue weighted by molar-refractivity contribution is -0.138. The number of rotatable bonds is 2. The number of ether oxygens (including phenoxy) is 1. The van der Waals surface area contributed by atoms with Crippen LogP contribution in [0.25, 0.3) is 0 Å². The van der Waals surface area contributed by atoms with Gasteiger partial charge in [0.15, 0.2) is 0 Å². The number of likely N-dealkylation sites (N-methyl/N-ethyl adjacent to an activating group) is 1. The Labute approximate surface area is 90.0 Å². The highest BCUT2D eigenvalue weighted by Crippen LogP contribution is 2.39. The summed E-state index contributed by atoms with van der Waals surface area (Å²) in [6, 6.07) is 0.414. The number of carbonyl (C=O) groups is 1. The molecule has 0 radical (unpaired) electrons. The number of hydrogen-bond donors (Lipinski definition) is 1. The fraction of sp³-hybridized carbons (Fsp3) is 0.909. The summed E-state index contributed by atoms with van der Waals surface area (Å²) in [7, 11) is 1.93. The molecule has 0 aromatic rings. The van der Waals surface area contributed by atoms with Crippen LogP contribution < -0.4 is 5.32 Å². The Balaban J connectivity index is 1.64. The average Bonchev–Trinajstić information content (AvgIpc) is 2.74. The molecule has 1 amide bonds. The third kappa shape index (κ3) is 1.47. The van der Waals surface area contributed by atoms with Gasteiger partial charge in [0.2, 0.25) is 5.91 Å². The summed E-state index contributed by atoms with van der Waals surface area (Å²) in [6.07, 6.45) is 3.78. The van der Waals surface area contributed by atoms with Crippen molar-refractivity contribution >= 4 is 5.91 Å². The Bertz CT molecular complexity index is 278. The maximum atomic E-state index is 12.2. The maximum absolute atomic E-state index is 12.2. The van der Waals surface area contributed by atoms with Gasteiger partial charge in [0.05, 0.1) is 24.2 Å². The molecule has 3 atom stereocenters. The first kappa shape index (κ1) is 9.60. The Morgan fingerprint density at radius 2 is 2.20 bits per heavy atom. The summed E-state index contributed by atoms with van der Waals surface area (Å²) >= 11 is 0. The lowest BCUT2D eigenvalue weighted by Gasteiger charge is -2.37. The third-order valence-corrected chi connectivity index (χ3v) is 4.08. The van der Waals surface area contributed by atoms with Gasteiger partial charge in [0, 0.05) is 20.1 Å². The van der Waals surface area contributed by atoms with E-state index in [2.05, 4.69) is 5.32 Å². The normalized spacial score (nSPS) is 39.1. The van der Waals surface area contributed by atoms with E-state index in [4.69, 9.17) is 4.74 Å². The highest BCUT2D eigenvalue weighted by molar-refractivity contribution is 5.80. The van der Waals surface area contributed by atoms with Crippen LogP contribution in [0.2, 0.25) is 0 Å². The topological polar surface area (TPSA) is 41.6 Å². The van der Waals surface area contributed by atoms with Gasteiger partial charge in [-0.25, -0.2) is 0 Å². The molecule has 1 N–H and O–H groups in total. The molecule has 0 spiro atoms. The number of nitrogens with one attached hydrogen (secondary N) is 1. The van der Waals surface area contributed by atoms with E-state index in [-0.39, 0.29) is 12.0 Å². The Morgan fingerprint density at radius 1 is 1.40 bits per heavy atom. The average molecular weight is 210 g/mol. The smallest absolute Gasteiger partial charge is 0.228 e. The van der Waals surface area contributed by atoms with Crippen LogP contribution in [0.4, 0.5) is 0 Å². The van der Waals surface area contributed by atoms with Crippen LogP contribution in [0.5, 0.6) is 0 Å². The van der Waals surface area contributed by atoms with Crippen LogP contribution in [0, 0.1) is 5.92 Å². The molecule has 3 aliphatic heterocycles. The molecule has 3 unspecified atom stereocenters. The molecule has 3 aliphatic rings. The second kappa shape index (κ2) is 3.46. The molecule has 3 fully saturated rings. The molecule has 0 saturated carbocycles. The number of fused-ring (bicyclic) bond motifs is 2. The highest BCUT2D eigenvalue weighted by atomic mass is 16.5. The fourth-order valence-corrected chi connectivity index (χ4v) is 2.89. The van der Waals surface area contributed by atoms with Gasteiger partial charge in [-0.3, -0.25) is 4.79 Å². The lowest BCUT2D eigenvalue weighted by Crippen LogP contribution is -2.58. The summed E-state index contributed by atoms with van der Waals surface area (Å²) in [5.74, 6) is 0.447. The van der Waals surface area contributed by atoms with Gasteiger partial charge in [0.1, 0.15) is 0 Å². The Morgan fingerprint density at radius 3 is 2.67 bits per heavy atom. The predicted octanol–water partition coefficient (Wildman–Crippen LogP) is -0.0159. The predicted molar refractivity (Wildman–Crippen MR) is 55.4 cm³/mol. The van der Waals surface area contributed by atoms with Gasteiger partial charge in [-0.05, 0) is 19.3 Å². The van der Waals surface area contributed by atoms with Crippen molar-refractivity contribution in [2.45, 2.75) is 37.5 Å². The van der Waals surface area contributed by atoms with E-state index in [1.165, 1.54) is 0 Å². The van der Waals surface area contributed by atoms with Gasteiger partial charge < -0.3 is 15.0 Å². The van der Waals surface area contributed by atoms with Crippen LogP contribution in [-0.2, 0) is 9.53 Å². The lowest BCUT2D eigenvalue weighted by atomic mass is 9.88. The van der Waals surface area contributed by atoms with Crippen LogP contribution in [0.3, 0.4) is 0 Å². The quantitative estimate of drug-likeness (QED) is 0.696. The largest absolute Gasteiger partial charge is 0.374 e. The van der Waals surface area contributed by atoms with Crippen LogP contribution in [0.1, 0.15) is 19.3 Å². The molecule has 3 saturated heterocycles. The Kier molecular flexibility index (Phi) is 2.21.